The summed E-state index contributed by atoms with van der Waals surface area (Å²) < 4.78 is 7.56. The highest BCUT2D eigenvalue weighted by Gasteiger charge is 2.38. The Hall–Kier alpha value is -4.32. The highest BCUT2D eigenvalue weighted by atomic mass is 16.6. The van der Waals surface area contributed by atoms with Crippen LogP contribution in [-0.2, 0) is 5.54 Å². The Balaban J connectivity index is 1.53. The molecule has 0 spiro atoms. The molecule has 1 unspecified atom stereocenters. The van der Waals surface area contributed by atoms with Crippen molar-refractivity contribution in [2.45, 2.75) is 45.7 Å². The minimum atomic E-state index is -0.399. The van der Waals surface area contributed by atoms with E-state index in [2.05, 4.69) is 46.2 Å². The highest BCUT2D eigenvalue weighted by molar-refractivity contribution is 5.80. The second-order valence-corrected chi connectivity index (χ2v) is 10.7. The number of nitrogens with one attached hydrogen (secondary N) is 2. The number of hydrogen-bond donors (Lipinski definition) is 2. The molecule has 1 fully saturated rings. The van der Waals surface area contributed by atoms with Crippen molar-refractivity contribution < 1.29 is 14.6 Å². The van der Waals surface area contributed by atoms with Crippen LogP contribution in [0.5, 0.6) is 5.75 Å². The van der Waals surface area contributed by atoms with Crippen molar-refractivity contribution in [3.63, 3.8) is 0 Å². The number of quaternary nitrogens is 1. The van der Waals surface area contributed by atoms with Crippen molar-refractivity contribution in [3.8, 4) is 5.75 Å². The summed E-state index contributed by atoms with van der Waals surface area (Å²) in [6.07, 6.45) is 0.812. The molecule has 0 aliphatic carbocycles. The van der Waals surface area contributed by atoms with E-state index in [4.69, 9.17) is 4.74 Å². The van der Waals surface area contributed by atoms with Crippen molar-refractivity contribution in [2.24, 2.45) is 0 Å². The molecule has 40 heavy (non-hydrogen) atoms. The predicted molar refractivity (Wildman–Crippen MR) is 151 cm³/mol. The highest BCUT2D eigenvalue weighted by Crippen LogP contribution is 2.27. The third-order valence-corrected chi connectivity index (χ3v) is 7.90. The number of hydrogen-bond acceptors (Lipinski definition) is 8. The maximum absolute atomic E-state index is 13.6. The van der Waals surface area contributed by atoms with E-state index in [-0.39, 0.29) is 16.8 Å². The van der Waals surface area contributed by atoms with Crippen molar-refractivity contribution in [1.29, 1.82) is 0 Å². The Labute approximate surface area is 231 Å². The van der Waals surface area contributed by atoms with Gasteiger partial charge in [-0.15, -0.1) is 5.10 Å². The molecule has 210 valence electrons. The monoisotopic (exact) mass is 547 g/mol. The maximum Gasteiger partial charge on any atom is 0.269 e. The lowest BCUT2D eigenvalue weighted by Crippen LogP contribution is -3.15. The van der Waals surface area contributed by atoms with E-state index in [1.165, 1.54) is 17.0 Å². The fourth-order valence-electron chi connectivity index (χ4n) is 5.30. The van der Waals surface area contributed by atoms with Crippen LogP contribution in [0.1, 0.15) is 51.5 Å². The number of nitrogens with zero attached hydrogens (tertiary/aromatic N) is 6. The molecule has 5 rings (SSSR count). The summed E-state index contributed by atoms with van der Waals surface area (Å²) in [5.74, 6) is 1.39. The molecule has 1 saturated heterocycles. The van der Waals surface area contributed by atoms with Gasteiger partial charge in [-0.2, -0.15) is 0 Å². The molecule has 0 amide bonds. The predicted octanol–water partition coefficient (Wildman–Crippen LogP) is 2.46. The zero-order valence-corrected chi connectivity index (χ0v) is 23.3. The summed E-state index contributed by atoms with van der Waals surface area (Å²) >= 11 is 0. The number of H-pyrrole nitrogens is 1. The lowest BCUT2D eigenvalue weighted by atomic mass is 9.98. The SMILES string of the molecule is CCOc1ccc2[nH]c(=O)c(C(c3nnnn3C(C)(C)CC)[NH+]3CCN(c4ccc([N+](=O)[O-])cc4)CC3)cc2c1. The number of nitro groups is 1. The van der Waals surface area contributed by atoms with Gasteiger partial charge >= 0.3 is 0 Å². The van der Waals surface area contributed by atoms with Crippen LogP contribution < -0.4 is 20.1 Å². The first-order chi connectivity index (χ1) is 19.2. The average Bonchev–Trinajstić information content (AvgIpc) is 3.45. The van der Waals surface area contributed by atoms with Gasteiger partial charge in [0.1, 0.15) is 5.75 Å². The fraction of sp³-hybridized carbons (Fsp3) is 0.429. The third-order valence-electron chi connectivity index (χ3n) is 7.90. The maximum atomic E-state index is 13.6. The Morgan fingerprint density at radius 1 is 1.12 bits per heavy atom. The Morgan fingerprint density at radius 3 is 2.50 bits per heavy atom. The van der Waals surface area contributed by atoms with E-state index in [0.717, 1.165) is 41.9 Å². The smallest absolute Gasteiger partial charge is 0.269 e. The number of tetrazole rings is 1. The van der Waals surface area contributed by atoms with Gasteiger partial charge in [0.15, 0.2) is 6.04 Å². The molecule has 12 heteroatoms. The summed E-state index contributed by atoms with van der Waals surface area (Å²) in [6.45, 7) is 11.6. The first-order valence-electron chi connectivity index (χ1n) is 13.6. The average molecular weight is 548 g/mol. The van der Waals surface area contributed by atoms with Crippen LogP contribution in [0.25, 0.3) is 10.9 Å². The Kier molecular flexibility index (Phi) is 7.53. The summed E-state index contributed by atoms with van der Waals surface area (Å²) in [6, 6.07) is 13.8. The first-order valence-corrected chi connectivity index (χ1v) is 13.6. The number of anilines is 1. The van der Waals surface area contributed by atoms with E-state index in [1.54, 1.807) is 12.1 Å². The molecule has 2 aromatic carbocycles. The van der Waals surface area contributed by atoms with Crippen molar-refractivity contribution in [2.75, 3.05) is 37.7 Å². The molecule has 0 saturated carbocycles. The zero-order valence-electron chi connectivity index (χ0n) is 23.3. The normalized spacial score (nSPS) is 15.3. The molecule has 2 aromatic heterocycles. The molecule has 0 bridgehead atoms. The summed E-state index contributed by atoms with van der Waals surface area (Å²) in [4.78, 5) is 30.7. The second kappa shape index (κ2) is 11.0. The largest absolute Gasteiger partial charge is 0.494 e. The number of pyridine rings is 1. The van der Waals surface area contributed by atoms with Gasteiger partial charge in [-0.1, -0.05) is 6.92 Å². The molecule has 3 heterocycles. The van der Waals surface area contributed by atoms with Gasteiger partial charge in [0, 0.05) is 28.7 Å². The third kappa shape index (κ3) is 5.26. The van der Waals surface area contributed by atoms with Gasteiger partial charge in [-0.25, -0.2) is 4.68 Å². The van der Waals surface area contributed by atoms with Crippen LogP contribution >= 0.6 is 0 Å². The van der Waals surface area contributed by atoms with E-state index in [9.17, 15) is 14.9 Å². The lowest BCUT2D eigenvalue weighted by Gasteiger charge is -2.37. The minimum Gasteiger partial charge on any atom is -0.494 e. The number of piperazine rings is 1. The lowest BCUT2D eigenvalue weighted by molar-refractivity contribution is -0.927. The van der Waals surface area contributed by atoms with Crippen LogP contribution in [-0.4, -0.2) is 62.9 Å². The van der Waals surface area contributed by atoms with Gasteiger partial charge in [0.2, 0.25) is 5.82 Å². The first kappa shape index (κ1) is 27.3. The number of aromatic amines is 1. The van der Waals surface area contributed by atoms with Crippen LogP contribution in [0.3, 0.4) is 0 Å². The van der Waals surface area contributed by atoms with Gasteiger partial charge in [0.25, 0.3) is 11.2 Å². The van der Waals surface area contributed by atoms with Crippen molar-refractivity contribution in [1.82, 2.24) is 25.2 Å². The van der Waals surface area contributed by atoms with E-state index < -0.39 is 11.0 Å². The van der Waals surface area contributed by atoms with E-state index in [1.807, 2.05) is 35.9 Å². The van der Waals surface area contributed by atoms with Gasteiger partial charge in [-0.3, -0.25) is 14.9 Å². The number of benzene rings is 2. The number of non-ortho nitro benzene ring substituents is 1. The van der Waals surface area contributed by atoms with Gasteiger partial charge in [-0.05, 0) is 74.0 Å². The topological polar surface area (TPSA) is 137 Å². The summed E-state index contributed by atoms with van der Waals surface area (Å²) in [5, 5.41) is 24.8. The molecular formula is C28H35N8O4+. The summed E-state index contributed by atoms with van der Waals surface area (Å²) in [5.41, 5.74) is 1.83. The number of aromatic nitrogens is 5. The number of ether oxygens (including phenoxy) is 1. The van der Waals surface area contributed by atoms with Gasteiger partial charge < -0.3 is 19.5 Å². The molecule has 2 N–H and O–H groups in total. The molecule has 12 nitrogen and oxygen atoms in total. The molecule has 1 atom stereocenters. The van der Waals surface area contributed by atoms with Crippen LogP contribution in [0.4, 0.5) is 11.4 Å². The van der Waals surface area contributed by atoms with Gasteiger partial charge in [0.05, 0.1) is 48.8 Å². The number of nitro benzene ring substituents is 1. The van der Waals surface area contributed by atoms with Crippen LogP contribution in [0, 0.1) is 10.1 Å². The number of rotatable bonds is 9. The minimum absolute atomic E-state index is 0.0708. The van der Waals surface area contributed by atoms with Crippen molar-refractivity contribution >= 4 is 22.3 Å². The second-order valence-electron chi connectivity index (χ2n) is 10.7. The fourth-order valence-corrected chi connectivity index (χ4v) is 5.30. The molecule has 0 radical (unpaired) electrons. The quantitative estimate of drug-likeness (QED) is 0.241. The number of fused-ring (bicyclic) bond motifs is 1. The molecule has 1 aliphatic heterocycles. The van der Waals surface area contributed by atoms with Crippen molar-refractivity contribution in [3.05, 3.63) is 80.4 Å². The van der Waals surface area contributed by atoms with Crippen LogP contribution in [0.15, 0.2) is 53.3 Å². The standard InChI is InChI=1S/C28H34N8O4/c1-5-28(3,4)35-26(30-31-32-35)25(23-18-19-17-22(40-6-2)11-12-24(19)29-27(23)37)34-15-13-33(14-16-34)20-7-9-21(10-8-20)36(38)39/h7-12,17-18,25H,5-6,13-16H2,1-4H3,(H,29,37)/p+1. The Bertz CT molecular complexity index is 1550. The van der Waals surface area contributed by atoms with E-state index >= 15 is 0 Å². The summed E-state index contributed by atoms with van der Waals surface area (Å²) in [7, 11) is 0. The molecule has 4 aromatic rings. The molecule has 1 aliphatic rings. The van der Waals surface area contributed by atoms with E-state index in [0.29, 0.717) is 31.1 Å². The van der Waals surface area contributed by atoms with Crippen LogP contribution in [0.2, 0.25) is 0 Å². The molecular weight excluding hydrogens is 512 g/mol. The Morgan fingerprint density at radius 2 is 1.85 bits per heavy atom. The zero-order chi connectivity index (χ0) is 28.4.